The van der Waals surface area contributed by atoms with Crippen molar-refractivity contribution in [2.75, 3.05) is 6.54 Å². The zero-order chi connectivity index (χ0) is 13.6. The maximum absolute atomic E-state index is 5.87. The van der Waals surface area contributed by atoms with E-state index in [4.69, 9.17) is 5.73 Å². The van der Waals surface area contributed by atoms with Crippen molar-refractivity contribution in [3.8, 4) is 0 Å². The van der Waals surface area contributed by atoms with Gasteiger partial charge in [-0.1, -0.05) is 19.9 Å². The fourth-order valence-corrected chi connectivity index (χ4v) is 3.34. The Morgan fingerprint density at radius 3 is 2.79 bits per heavy atom. The van der Waals surface area contributed by atoms with Gasteiger partial charge in [-0.3, -0.25) is 0 Å². The van der Waals surface area contributed by atoms with Gasteiger partial charge in [0.1, 0.15) is 0 Å². The highest BCUT2D eigenvalue weighted by Gasteiger charge is 2.20. The van der Waals surface area contributed by atoms with Crippen molar-refractivity contribution in [2.24, 2.45) is 11.1 Å². The first kappa shape index (κ1) is 12.7. The Morgan fingerprint density at radius 1 is 1.26 bits per heavy atom. The molecule has 0 aliphatic carbocycles. The number of benzene rings is 1. The predicted octanol–water partition coefficient (Wildman–Crippen LogP) is 3.42. The SMILES string of the molecule is Cc1cc2cc(CC(C)(C)CN)cc3c2n1CCC3. The number of nitrogens with zero attached hydrogens (tertiary/aromatic N) is 1. The van der Waals surface area contributed by atoms with Crippen LogP contribution in [-0.2, 0) is 19.4 Å². The molecule has 2 nitrogen and oxygen atoms in total. The van der Waals surface area contributed by atoms with Gasteiger partial charge in [-0.15, -0.1) is 0 Å². The van der Waals surface area contributed by atoms with E-state index in [1.54, 1.807) is 0 Å². The molecule has 2 heterocycles. The quantitative estimate of drug-likeness (QED) is 0.896. The molecule has 0 amide bonds. The summed E-state index contributed by atoms with van der Waals surface area (Å²) in [6.45, 7) is 8.63. The zero-order valence-corrected chi connectivity index (χ0v) is 12.3. The highest BCUT2D eigenvalue weighted by atomic mass is 15.0. The smallest absolute Gasteiger partial charge is 0.0515 e. The molecule has 1 aliphatic rings. The molecule has 0 radical (unpaired) electrons. The van der Waals surface area contributed by atoms with Crippen LogP contribution >= 0.6 is 0 Å². The van der Waals surface area contributed by atoms with Crippen LogP contribution in [0.5, 0.6) is 0 Å². The van der Waals surface area contributed by atoms with Crippen molar-refractivity contribution in [1.29, 1.82) is 0 Å². The maximum atomic E-state index is 5.87. The van der Waals surface area contributed by atoms with Gasteiger partial charge in [0, 0.05) is 17.6 Å². The van der Waals surface area contributed by atoms with Crippen molar-refractivity contribution < 1.29 is 0 Å². The Bertz CT molecular complexity index is 620. The Hall–Kier alpha value is -1.28. The van der Waals surface area contributed by atoms with E-state index in [2.05, 4.69) is 43.5 Å². The van der Waals surface area contributed by atoms with Gasteiger partial charge in [0.15, 0.2) is 0 Å². The molecule has 0 spiro atoms. The summed E-state index contributed by atoms with van der Waals surface area (Å²) in [6, 6.07) is 7.11. The van der Waals surface area contributed by atoms with E-state index in [0.717, 1.165) is 13.0 Å². The van der Waals surface area contributed by atoms with Crippen LogP contribution in [0.3, 0.4) is 0 Å². The van der Waals surface area contributed by atoms with Gasteiger partial charge in [-0.2, -0.15) is 0 Å². The Kier molecular flexibility index (Phi) is 2.94. The molecule has 102 valence electrons. The number of hydrogen-bond donors (Lipinski definition) is 1. The largest absolute Gasteiger partial charge is 0.345 e. The summed E-state index contributed by atoms with van der Waals surface area (Å²) < 4.78 is 2.48. The molecule has 1 aliphatic heterocycles. The van der Waals surface area contributed by atoms with Crippen LogP contribution in [0, 0.1) is 12.3 Å². The molecule has 0 unspecified atom stereocenters. The maximum Gasteiger partial charge on any atom is 0.0515 e. The topological polar surface area (TPSA) is 30.9 Å². The Labute approximate surface area is 115 Å². The minimum atomic E-state index is 0.187. The van der Waals surface area contributed by atoms with Gasteiger partial charge in [-0.25, -0.2) is 0 Å². The van der Waals surface area contributed by atoms with Crippen molar-refractivity contribution >= 4 is 10.9 Å². The lowest BCUT2D eigenvalue weighted by atomic mass is 9.84. The molecule has 0 atom stereocenters. The first-order valence-electron chi connectivity index (χ1n) is 7.32. The average Bonchev–Trinajstić information content (AvgIpc) is 2.67. The summed E-state index contributed by atoms with van der Waals surface area (Å²) >= 11 is 0. The Balaban J connectivity index is 2.10. The third kappa shape index (κ3) is 2.18. The van der Waals surface area contributed by atoms with Gasteiger partial charge in [0.25, 0.3) is 0 Å². The monoisotopic (exact) mass is 256 g/mol. The average molecular weight is 256 g/mol. The van der Waals surface area contributed by atoms with Crippen LogP contribution in [0.4, 0.5) is 0 Å². The summed E-state index contributed by atoms with van der Waals surface area (Å²) in [7, 11) is 0. The molecule has 1 aromatic heterocycles. The molecular formula is C17H24N2. The molecule has 2 N–H and O–H groups in total. The molecule has 0 fully saturated rings. The first-order valence-corrected chi connectivity index (χ1v) is 7.32. The van der Waals surface area contributed by atoms with E-state index >= 15 is 0 Å². The minimum Gasteiger partial charge on any atom is -0.345 e. The molecule has 3 rings (SSSR count). The number of aryl methyl sites for hydroxylation is 3. The van der Waals surface area contributed by atoms with E-state index < -0.39 is 0 Å². The van der Waals surface area contributed by atoms with Gasteiger partial charge in [-0.05, 0) is 61.4 Å². The number of aromatic nitrogens is 1. The van der Waals surface area contributed by atoms with Crippen LogP contribution in [0.2, 0.25) is 0 Å². The second-order valence-electron chi connectivity index (χ2n) is 6.78. The van der Waals surface area contributed by atoms with Crippen LogP contribution in [0.15, 0.2) is 18.2 Å². The zero-order valence-electron chi connectivity index (χ0n) is 12.3. The van der Waals surface area contributed by atoms with Crippen molar-refractivity contribution in [1.82, 2.24) is 4.57 Å². The van der Waals surface area contributed by atoms with Crippen molar-refractivity contribution in [3.05, 3.63) is 35.0 Å². The third-order valence-corrected chi connectivity index (χ3v) is 4.40. The van der Waals surface area contributed by atoms with Crippen LogP contribution < -0.4 is 5.73 Å². The van der Waals surface area contributed by atoms with Crippen LogP contribution in [0.25, 0.3) is 10.9 Å². The summed E-state index contributed by atoms with van der Waals surface area (Å²) in [4.78, 5) is 0. The lowest BCUT2D eigenvalue weighted by Gasteiger charge is -2.24. The number of hydrogen-bond acceptors (Lipinski definition) is 1. The first-order chi connectivity index (χ1) is 9.00. The molecular weight excluding hydrogens is 232 g/mol. The highest BCUT2D eigenvalue weighted by Crippen LogP contribution is 2.32. The van der Waals surface area contributed by atoms with E-state index in [0.29, 0.717) is 0 Å². The van der Waals surface area contributed by atoms with Gasteiger partial charge < -0.3 is 10.3 Å². The van der Waals surface area contributed by atoms with Crippen LogP contribution in [0.1, 0.15) is 37.1 Å². The van der Waals surface area contributed by atoms with Crippen molar-refractivity contribution in [3.63, 3.8) is 0 Å². The summed E-state index contributed by atoms with van der Waals surface area (Å²) in [5.41, 5.74) is 11.9. The summed E-state index contributed by atoms with van der Waals surface area (Å²) in [5, 5.41) is 1.41. The lowest BCUT2D eigenvalue weighted by molar-refractivity contribution is 0.377. The molecule has 19 heavy (non-hydrogen) atoms. The molecule has 0 saturated heterocycles. The van der Waals surface area contributed by atoms with E-state index in [1.807, 2.05) is 0 Å². The van der Waals surface area contributed by atoms with Gasteiger partial charge in [0.2, 0.25) is 0 Å². The fraction of sp³-hybridized carbons (Fsp3) is 0.529. The van der Waals surface area contributed by atoms with Gasteiger partial charge >= 0.3 is 0 Å². The lowest BCUT2D eigenvalue weighted by Crippen LogP contribution is -2.26. The van der Waals surface area contributed by atoms with Crippen molar-refractivity contribution in [2.45, 2.75) is 46.6 Å². The van der Waals surface area contributed by atoms with E-state index in [9.17, 15) is 0 Å². The standard InChI is InChI=1S/C17H24N2/c1-12-7-15-9-13(10-17(2,3)11-18)8-14-5-4-6-19(12)16(14)15/h7-9H,4-6,10-11,18H2,1-3H3. The van der Waals surface area contributed by atoms with Gasteiger partial charge in [0.05, 0.1) is 5.52 Å². The molecule has 2 heteroatoms. The fourth-order valence-electron chi connectivity index (χ4n) is 3.34. The second-order valence-corrected chi connectivity index (χ2v) is 6.78. The number of rotatable bonds is 3. The molecule has 0 bridgehead atoms. The van der Waals surface area contributed by atoms with Crippen LogP contribution in [-0.4, -0.2) is 11.1 Å². The molecule has 0 saturated carbocycles. The highest BCUT2D eigenvalue weighted by molar-refractivity contribution is 5.85. The normalized spacial score (nSPS) is 15.2. The molecule has 2 aromatic rings. The minimum absolute atomic E-state index is 0.187. The number of nitrogens with two attached hydrogens (primary N) is 1. The third-order valence-electron chi connectivity index (χ3n) is 4.40. The Morgan fingerprint density at radius 2 is 2.05 bits per heavy atom. The van der Waals surface area contributed by atoms with E-state index in [-0.39, 0.29) is 5.41 Å². The van der Waals surface area contributed by atoms with E-state index in [1.165, 1.54) is 47.1 Å². The second kappa shape index (κ2) is 4.38. The summed E-state index contributed by atoms with van der Waals surface area (Å²) in [5.74, 6) is 0. The molecule has 1 aromatic carbocycles. The summed E-state index contributed by atoms with van der Waals surface area (Å²) in [6.07, 6.45) is 3.55. The predicted molar refractivity (Wildman–Crippen MR) is 81.5 cm³/mol.